The molecule has 1 atom stereocenters. The van der Waals surface area contributed by atoms with Crippen LogP contribution in [0.2, 0.25) is 0 Å². The Morgan fingerprint density at radius 2 is 1.87 bits per heavy atom. The Balaban J connectivity index is 1.98. The molecule has 2 aromatic carbocycles. The molecule has 1 amide bonds. The Hall–Kier alpha value is -2.99. The molecule has 0 saturated carbocycles. The first kappa shape index (κ1) is 20.3. The van der Waals surface area contributed by atoms with Gasteiger partial charge in [-0.05, 0) is 30.7 Å². The SMILES string of the molecule is COCCN1C(=O)CC[C@@H]1c1c(-c2cc(OC)ccc2OC)n(C)c2ccccc12. The van der Waals surface area contributed by atoms with Gasteiger partial charge in [-0.25, -0.2) is 0 Å². The minimum atomic E-state index is -0.00958. The summed E-state index contributed by atoms with van der Waals surface area (Å²) < 4.78 is 18.7. The first-order chi connectivity index (χ1) is 14.6. The number of rotatable bonds is 7. The second-order valence-corrected chi connectivity index (χ2v) is 7.54. The summed E-state index contributed by atoms with van der Waals surface area (Å²) in [7, 11) is 7.07. The quantitative estimate of drug-likeness (QED) is 0.589. The van der Waals surface area contributed by atoms with E-state index in [9.17, 15) is 4.79 Å². The third kappa shape index (κ3) is 3.31. The minimum Gasteiger partial charge on any atom is -0.497 e. The van der Waals surface area contributed by atoms with E-state index in [0.29, 0.717) is 19.6 Å². The number of methoxy groups -OCH3 is 3. The second kappa shape index (κ2) is 8.40. The summed E-state index contributed by atoms with van der Waals surface area (Å²) in [5.41, 5.74) is 4.28. The Labute approximate surface area is 176 Å². The average molecular weight is 408 g/mol. The van der Waals surface area contributed by atoms with Gasteiger partial charge in [-0.1, -0.05) is 18.2 Å². The van der Waals surface area contributed by atoms with E-state index in [0.717, 1.165) is 45.6 Å². The number of hydrogen-bond donors (Lipinski definition) is 0. The molecule has 1 aliphatic heterocycles. The Morgan fingerprint density at radius 1 is 1.07 bits per heavy atom. The number of likely N-dealkylation sites (tertiary alicyclic amines) is 1. The molecule has 3 aromatic rings. The maximum atomic E-state index is 12.7. The fraction of sp³-hybridized carbons (Fsp3) is 0.375. The molecule has 0 N–H and O–H groups in total. The topological polar surface area (TPSA) is 52.9 Å². The molecular weight excluding hydrogens is 380 g/mol. The van der Waals surface area contributed by atoms with Crippen LogP contribution in [0.25, 0.3) is 22.2 Å². The number of ether oxygens (including phenoxy) is 3. The standard InChI is InChI=1S/C24H28N2O4/c1-25-19-8-6-5-7-17(19)23(20-10-12-22(27)26(20)13-14-28-2)24(25)18-15-16(29-3)9-11-21(18)30-4/h5-9,11,15,20H,10,12-14H2,1-4H3/t20-/m1/s1. The third-order valence-electron chi connectivity index (χ3n) is 6.01. The van der Waals surface area contributed by atoms with Crippen molar-refractivity contribution < 1.29 is 19.0 Å². The van der Waals surface area contributed by atoms with Crippen LogP contribution in [-0.2, 0) is 16.6 Å². The highest BCUT2D eigenvalue weighted by Crippen LogP contribution is 2.46. The number of hydrogen-bond acceptors (Lipinski definition) is 4. The summed E-state index contributed by atoms with van der Waals surface area (Å²) >= 11 is 0. The summed E-state index contributed by atoms with van der Waals surface area (Å²) in [5.74, 6) is 1.71. The molecule has 2 heterocycles. The maximum Gasteiger partial charge on any atom is 0.223 e. The van der Waals surface area contributed by atoms with E-state index in [1.54, 1.807) is 21.3 Å². The Morgan fingerprint density at radius 3 is 2.60 bits per heavy atom. The molecule has 6 nitrogen and oxygen atoms in total. The molecule has 0 aliphatic carbocycles. The largest absolute Gasteiger partial charge is 0.497 e. The average Bonchev–Trinajstić information content (AvgIpc) is 3.28. The van der Waals surface area contributed by atoms with Gasteiger partial charge in [0.05, 0.1) is 32.6 Å². The highest BCUT2D eigenvalue weighted by molar-refractivity contribution is 5.95. The summed E-state index contributed by atoms with van der Waals surface area (Å²) in [6.45, 7) is 1.10. The van der Waals surface area contributed by atoms with E-state index in [1.165, 1.54) is 0 Å². The lowest BCUT2D eigenvalue weighted by Crippen LogP contribution is -2.31. The molecule has 1 saturated heterocycles. The van der Waals surface area contributed by atoms with Gasteiger partial charge in [0.15, 0.2) is 0 Å². The lowest BCUT2D eigenvalue weighted by Gasteiger charge is -2.26. The lowest BCUT2D eigenvalue weighted by atomic mass is 9.96. The second-order valence-electron chi connectivity index (χ2n) is 7.54. The first-order valence-corrected chi connectivity index (χ1v) is 10.2. The summed E-state index contributed by atoms with van der Waals surface area (Å²) in [4.78, 5) is 14.7. The van der Waals surface area contributed by atoms with Crippen LogP contribution in [0.1, 0.15) is 24.4 Å². The molecule has 0 unspecified atom stereocenters. The number of benzene rings is 2. The highest BCUT2D eigenvalue weighted by Gasteiger charge is 2.36. The van der Waals surface area contributed by atoms with Gasteiger partial charge in [0.25, 0.3) is 0 Å². The predicted molar refractivity (Wildman–Crippen MR) is 117 cm³/mol. The van der Waals surface area contributed by atoms with Crippen molar-refractivity contribution >= 4 is 16.8 Å². The van der Waals surface area contributed by atoms with Crippen LogP contribution in [0.4, 0.5) is 0 Å². The van der Waals surface area contributed by atoms with E-state index in [2.05, 4.69) is 29.8 Å². The van der Waals surface area contributed by atoms with E-state index < -0.39 is 0 Å². The van der Waals surface area contributed by atoms with Crippen molar-refractivity contribution in [3.63, 3.8) is 0 Å². The summed E-state index contributed by atoms with van der Waals surface area (Å²) in [5, 5.41) is 1.15. The maximum absolute atomic E-state index is 12.7. The number of carbonyl (C=O) groups excluding carboxylic acids is 1. The number of amides is 1. The van der Waals surface area contributed by atoms with Crippen LogP contribution in [0, 0.1) is 0 Å². The van der Waals surface area contributed by atoms with Crippen LogP contribution in [0.15, 0.2) is 42.5 Å². The van der Waals surface area contributed by atoms with Crippen molar-refractivity contribution in [2.45, 2.75) is 18.9 Å². The number of aryl methyl sites for hydroxylation is 1. The van der Waals surface area contributed by atoms with Crippen molar-refractivity contribution in [3.8, 4) is 22.8 Å². The summed E-state index contributed by atoms with van der Waals surface area (Å²) in [6.07, 6.45) is 1.34. The van der Waals surface area contributed by atoms with Gasteiger partial charge >= 0.3 is 0 Å². The number of carbonyl (C=O) groups is 1. The van der Waals surface area contributed by atoms with E-state index in [-0.39, 0.29) is 11.9 Å². The van der Waals surface area contributed by atoms with Crippen LogP contribution in [-0.4, -0.2) is 49.9 Å². The Bertz CT molecular complexity index is 1070. The molecule has 1 aromatic heterocycles. The van der Waals surface area contributed by atoms with Crippen LogP contribution >= 0.6 is 0 Å². The van der Waals surface area contributed by atoms with Crippen molar-refractivity contribution in [1.82, 2.24) is 9.47 Å². The van der Waals surface area contributed by atoms with Crippen LogP contribution in [0.5, 0.6) is 11.5 Å². The zero-order chi connectivity index (χ0) is 21.3. The van der Waals surface area contributed by atoms with Gasteiger partial charge in [0.1, 0.15) is 11.5 Å². The van der Waals surface area contributed by atoms with Gasteiger partial charge in [0, 0.05) is 49.2 Å². The smallest absolute Gasteiger partial charge is 0.223 e. The molecule has 1 fully saturated rings. The zero-order valence-corrected chi connectivity index (χ0v) is 18.0. The molecule has 6 heteroatoms. The number of aromatic nitrogens is 1. The molecule has 0 bridgehead atoms. The number of nitrogens with zero attached hydrogens (tertiary/aromatic N) is 2. The van der Waals surface area contributed by atoms with Crippen LogP contribution in [0.3, 0.4) is 0 Å². The van der Waals surface area contributed by atoms with Crippen molar-refractivity contribution in [1.29, 1.82) is 0 Å². The molecule has 0 spiro atoms. The zero-order valence-electron chi connectivity index (χ0n) is 18.0. The van der Waals surface area contributed by atoms with Crippen LogP contribution < -0.4 is 9.47 Å². The predicted octanol–water partition coefficient (Wildman–Crippen LogP) is 4.17. The van der Waals surface area contributed by atoms with Gasteiger partial charge in [0.2, 0.25) is 5.91 Å². The fourth-order valence-electron chi connectivity index (χ4n) is 4.59. The Kier molecular flexibility index (Phi) is 5.68. The summed E-state index contributed by atoms with van der Waals surface area (Å²) in [6, 6.07) is 14.2. The molecule has 30 heavy (non-hydrogen) atoms. The van der Waals surface area contributed by atoms with Gasteiger partial charge in [-0.2, -0.15) is 0 Å². The van der Waals surface area contributed by atoms with E-state index >= 15 is 0 Å². The van der Waals surface area contributed by atoms with E-state index in [1.807, 2.05) is 29.2 Å². The van der Waals surface area contributed by atoms with Gasteiger partial charge in [-0.15, -0.1) is 0 Å². The number of fused-ring (bicyclic) bond motifs is 1. The molecule has 0 radical (unpaired) electrons. The minimum absolute atomic E-state index is 0.00958. The highest BCUT2D eigenvalue weighted by atomic mass is 16.5. The third-order valence-corrected chi connectivity index (χ3v) is 6.01. The molecule has 158 valence electrons. The van der Waals surface area contributed by atoms with Crippen molar-refractivity contribution in [3.05, 3.63) is 48.0 Å². The lowest BCUT2D eigenvalue weighted by molar-refractivity contribution is -0.129. The molecule has 1 aliphatic rings. The fourth-order valence-corrected chi connectivity index (χ4v) is 4.59. The molecular formula is C24H28N2O4. The first-order valence-electron chi connectivity index (χ1n) is 10.2. The van der Waals surface area contributed by atoms with Crippen molar-refractivity contribution in [2.24, 2.45) is 7.05 Å². The monoisotopic (exact) mass is 408 g/mol. The normalized spacial score (nSPS) is 16.5. The van der Waals surface area contributed by atoms with Gasteiger partial charge < -0.3 is 23.7 Å². The van der Waals surface area contributed by atoms with E-state index in [4.69, 9.17) is 14.2 Å². The molecule has 4 rings (SSSR count). The number of para-hydroxylation sites is 1. The van der Waals surface area contributed by atoms with Crippen molar-refractivity contribution in [2.75, 3.05) is 34.5 Å². The van der Waals surface area contributed by atoms with Gasteiger partial charge in [-0.3, -0.25) is 4.79 Å².